The van der Waals surface area contributed by atoms with Gasteiger partial charge in [-0.2, -0.15) is 0 Å². The van der Waals surface area contributed by atoms with Gasteiger partial charge in [0.2, 0.25) is 5.91 Å². The second kappa shape index (κ2) is 5.83. The Kier molecular flexibility index (Phi) is 4.71. The maximum atomic E-state index is 11.3. The Labute approximate surface area is 107 Å². The Balaban J connectivity index is 3.06. The van der Waals surface area contributed by atoms with Gasteiger partial charge in [-0.3, -0.25) is 9.59 Å². The van der Waals surface area contributed by atoms with Crippen LogP contribution < -0.4 is 5.32 Å². The highest BCUT2D eigenvalue weighted by atomic mass is 32.2. The zero-order chi connectivity index (χ0) is 13.0. The fourth-order valence-corrected chi connectivity index (χ4v) is 2.93. The van der Waals surface area contributed by atoms with Gasteiger partial charge in [-0.15, -0.1) is 11.3 Å². The number of anilines is 1. The van der Waals surface area contributed by atoms with E-state index in [2.05, 4.69) is 10.1 Å². The summed E-state index contributed by atoms with van der Waals surface area (Å²) in [5.74, 6) is -0.745. The number of thiophene rings is 1. The molecule has 5 nitrogen and oxygen atoms in total. The van der Waals surface area contributed by atoms with Crippen LogP contribution in [0.2, 0.25) is 0 Å². The molecule has 0 unspecified atom stereocenters. The number of hydrogen-bond donors (Lipinski definition) is 1. The van der Waals surface area contributed by atoms with Crippen LogP contribution in [0.25, 0.3) is 0 Å². The lowest BCUT2D eigenvalue weighted by atomic mass is 10.4. The van der Waals surface area contributed by atoms with Crippen molar-refractivity contribution in [3.05, 3.63) is 10.9 Å². The van der Waals surface area contributed by atoms with Gasteiger partial charge in [-0.1, -0.05) is 0 Å². The van der Waals surface area contributed by atoms with Crippen LogP contribution in [0.15, 0.2) is 11.0 Å². The standard InChI is InChI=1S/C10H11NO4S2/c1-5(12)11-9-7(16-6(2)13)4-8(17-9)10(14)15-3/h4H,1-3H3,(H,11,12). The molecule has 0 saturated carbocycles. The first kappa shape index (κ1) is 13.7. The minimum Gasteiger partial charge on any atom is -0.465 e. The van der Waals surface area contributed by atoms with Crippen molar-refractivity contribution in [1.82, 2.24) is 0 Å². The number of amides is 1. The van der Waals surface area contributed by atoms with E-state index in [4.69, 9.17) is 0 Å². The van der Waals surface area contributed by atoms with Crippen molar-refractivity contribution >= 4 is 45.1 Å². The molecule has 0 saturated heterocycles. The molecule has 7 heteroatoms. The van der Waals surface area contributed by atoms with E-state index >= 15 is 0 Å². The van der Waals surface area contributed by atoms with Crippen molar-refractivity contribution in [3.8, 4) is 0 Å². The van der Waals surface area contributed by atoms with E-state index < -0.39 is 5.97 Å². The third kappa shape index (κ3) is 3.86. The number of carbonyl (C=O) groups excluding carboxylic acids is 3. The normalized spacial score (nSPS) is 9.82. The number of thioether (sulfide) groups is 1. The molecular formula is C10H11NO4S2. The molecule has 0 fully saturated rings. The zero-order valence-electron chi connectivity index (χ0n) is 9.53. The maximum absolute atomic E-state index is 11.3. The Morgan fingerprint density at radius 1 is 1.35 bits per heavy atom. The number of carbonyl (C=O) groups is 3. The highest BCUT2D eigenvalue weighted by molar-refractivity contribution is 8.13. The van der Waals surface area contributed by atoms with Gasteiger partial charge in [0, 0.05) is 13.8 Å². The summed E-state index contributed by atoms with van der Waals surface area (Å²) in [7, 11) is 1.28. The Bertz CT molecular complexity index is 433. The largest absolute Gasteiger partial charge is 0.465 e. The van der Waals surface area contributed by atoms with Crippen molar-refractivity contribution in [2.75, 3.05) is 12.4 Å². The molecule has 1 amide bonds. The van der Waals surface area contributed by atoms with Gasteiger partial charge < -0.3 is 10.1 Å². The summed E-state index contributed by atoms with van der Waals surface area (Å²) in [5, 5.41) is 2.94. The van der Waals surface area contributed by atoms with E-state index in [1.165, 1.54) is 27.0 Å². The summed E-state index contributed by atoms with van der Waals surface area (Å²) >= 11 is 2.05. The van der Waals surface area contributed by atoms with Crippen molar-refractivity contribution in [3.63, 3.8) is 0 Å². The van der Waals surface area contributed by atoms with Crippen molar-refractivity contribution in [1.29, 1.82) is 0 Å². The third-order valence-electron chi connectivity index (χ3n) is 1.63. The molecular weight excluding hydrogens is 262 g/mol. The van der Waals surface area contributed by atoms with E-state index in [0.717, 1.165) is 23.1 Å². The second-order valence-corrected chi connectivity index (χ2v) is 5.34. The van der Waals surface area contributed by atoms with E-state index in [9.17, 15) is 14.4 Å². The topological polar surface area (TPSA) is 72.5 Å². The number of esters is 1. The quantitative estimate of drug-likeness (QED) is 0.674. The Morgan fingerprint density at radius 3 is 2.47 bits per heavy atom. The highest BCUT2D eigenvalue weighted by Crippen LogP contribution is 2.36. The van der Waals surface area contributed by atoms with Gasteiger partial charge in [0.1, 0.15) is 9.88 Å². The summed E-state index contributed by atoms with van der Waals surface area (Å²) in [6.07, 6.45) is 0. The van der Waals surface area contributed by atoms with E-state index in [0.29, 0.717) is 14.8 Å². The molecule has 0 aliphatic rings. The first-order valence-electron chi connectivity index (χ1n) is 4.62. The predicted molar refractivity (Wildman–Crippen MR) is 66.5 cm³/mol. The molecule has 0 aromatic carbocycles. The Hall–Kier alpha value is -1.34. The molecule has 1 aromatic heterocycles. The summed E-state index contributed by atoms with van der Waals surface area (Å²) in [5.41, 5.74) is 0. The number of nitrogens with one attached hydrogen (secondary N) is 1. The van der Waals surface area contributed by atoms with Crippen molar-refractivity contribution in [2.24, 2.45) is 0 Å². The minimum atomic E-state index is -0.489. The van der Waals surface area contributed by atoms with Crippen LogP contribution in [0.4, 0.5) is 5.00 Å². The summed E-state index contributed by atoms with van der Waals surface area (Å²) < 4.78 is 4.58. The molecule has 1 rings (SSSR count). The van der Waals surface area contributed by atoms with Crippen LogP contribution >= 0.6 is 23.1 Å². The van der Waals surface area contributed by atoms with E-state index in [1.54, 1.807) is 0 Å². The fraction of sp³-hybridized carbons (Fsp3) is 0.300. The lowest BCUT2D eigenvalue weighted by Crippen LogP contribution is -2.04. The first-order chi connectivity index (χ1) is 7.93. The number of rotatable bonds is 3. The van der Waals surface area contributed by atoms with E-state index in [1.807, 2.05) is 0 Å². The van der Waals surface area contributed by atoms with Gasteiger partial charge in [-0.05, 0) is 17.8 Å². The number of methoxy groups -OCH3 is 1. The van der Waals surface area contributed by atoms with Crippen LogP contribution in [0, 0.1) is 0 Å². The van der Waals surface area contributed by atoms with Gasteiger partial charge in [0.15, 0.2) is 5.12 Å². The van der Waals surface area contributed by atoms with Gasteiger partial charge in [0.05, 0.1) is 12.0 Å². The first-order valence-corrected chi connectivity index (χ1v) is 6.25. The van der Waals surface area contributed by atoms with Gasteiger partial charge >= 0.3 is 5.97 Å². The summed E-state index contributed by atoms with van der Waals surface area (Å²) in [6.45, 7) is 2.78. The molecule has 0 spiro atoms. The molecule has 1 heterocycles. The molecule has 0 atom stereocenters. The van der Waals surface area contributed by atoms with Crippen LogP contribution in [0.1, 0.15) is 23.5 Å². The second-order valence-electron chi connectivity index (χ2n) is 3.07. The molecule has 0 bridgehead atoms. The van der Waals surface area contributed by atoms with Crippen molar-refractivity contribution < 1.29 is 19.1 Å². The van der Waals surface area contributed by atoms with E-state index in [-0.39, 0.29) is 11.0 Å². The SMILES string of the molecule is COC(=O)c1cc(SC(C)=O)c(NC(C)=O)s1. The van der Waals surface area contributed by atoms with Gasteiger partial charge in [-0.25, -0.2) is 4.79 Å². The summed E-state index contributed by atoms with van der Waals surface area (Å²) in [4.78, 5) is 34.3. The smallest absolute Gasteiger partial charge is 0.348 e. The highest BCUT2D eigenvalue weighted by Gasteiger charge is 2.17. The molecule has 0 aliphatic heterocycles. The van der Waals surface area contributed by atoms with Crippen LogP contribution in [-0.2, 0) is 14.3 Å². The number of hydrogen-bond acceptors (Lipinski definition) is 6. The number of ether oxygens (including phenoxy) is 1. The monoisotopic (exact) mass is 273 g/mol. The average Bonchev–Trinajstić information content (AvgIpc) is 2.58. The lowest BCUT2D eigenvalue weighted by Gasteiger charge is -2.00. The third-order valence-corrected chi connectivity index (χ3v) is 3.62. The van der Waals surface area contributed by atoms with Gasteiger partial charge in [0.25, 0.3) is 0 Å². The van der Waals surface area contributed by atoms with Crippen molar-refractivity contribution in [2.45, 2.75) is 18.7 Å². The minimum absolute atomic E-state index is 0.120. The maximum Gasteiger partial charge on any atom is 0.348 e. The molecule has 1 N–H and O–H groups in total. The molecule has 0 aliphatic carbocycles. The van der Waals surface area contributed by atoms with Crippen LogP contribution in [0.3, 0.4) is 0 Å². The molecule has 17 heavy (non-hydrogen) atoms. The molecule has 0 radical (unpaired) electrons. The molecule has 92 valence electrons. The Morgan fingerprint density at radius 2 is 2.00 bits per heavy atom. The van der Waals surface area contributed by atoms with Crippen LogP contribution in [-0.4, -0.2) is 24.1 Å². The van der Waals surface area contributed by atoms with Crippen LogP contribution in [0.5, 0.6) is 0 Å². The lowest BCUT2D eigenvalue weighted by molar-refractivity contribution is -0.114. The molecule has 1 aromatic rings. The average molecular weight is 273 g/mol. The summed E-state index contributed by atoms with van der Waals surface area (Å²) in [6, 6.07) is 1.54. The zero-order valence-corrected chi connectivity index (χ0v) is 11.2. The fourth-order valence-electron chi connectivity index (χ4n) is 1.05. The predicted octanol–water partition coefficient (Wildman–Crippen LogP) is 2.13.